The van der Waals surface area contributed by atoms with Crippen LogP contribution in [0.3, 0.4) is 0 Å². The molecule has 25 heavy (non-hydrogen) atoms. The molecule has 0 saturated heterocycles. The summed E-state index contributed by atoms with van der Waals surface area (Å²) in [5.41, 5.74) is 4.68. The van der Waals surface area contributed by atoms with E-state index in [0.29, 0.717) is 0 Å². The van der Waals surface area contributed by atoms with Gasteiger partial charge in [0.1, 0.15) is 17.0 Å². The zero-order valence-corrected chi connectivity index (χ0v) is 16.1. The van der Waals surface area contributed by atoms with E-state index in [1.54, 1.807) is 17.7 Å². The summed E-state index contributed by atoms with van der Waals surface area (Å²) >= 11 is 5.23. The molecule has 0 aliphatic heterocycles. The Morgan fingerprint density at radius 3 is 2.60 bits per heavy atom. The number of para-hydroxylation sites is 1. The maximum atomic E-state index is 4.50. The van der Waals surface area contributed by atoms with Crippen LogP contribution in [0.25, 0.3) is 21.3 Å². The first-order chi connectivity index (χ1) is 12.3. The molecule has 0 spiro atoms. The number of nitrogens with zero attached hydrogens (tertiary/aromatic N) is 2. The highest BCUT2D eigenvalue weighted by atomic mass is 79.9. The van der Waals surface area contributed by atoms with Gasteiger partial charge in [-0.05, 0) is 45.6 Å². The number of halogens is 1. The summed E-state index contributed by atoms with van der Waals surface area (Å²) in [5.74, 6) is 0.827. The number of hydrogen-bond acceptors (Lipinski definition) is 4. The molecular formula is C20H16BrN3S. The highest BCUT2D eigenvalue weighted by Crippen LogP contribution is 2.38. The third-order valence-electron chi connectivity index (χ3n) is 4.17. The molecule has 4 rings (SSSR count). The summed E-state index contributed by atoms with van der Waals surface area (Å²) in [6.45, 7) is 2.17. The Bertz CT molecular complexity index is 1020. The van der Waals surface area contributed by atoms with Crippen LogP contribution in [0.2, 0.25) is 0 Å². The van der Waals surface area contributed by atoms with E-state index in [2.05, 4.69) is 67.8 Å². The van der Waals surface area contributed by atoms with Crippen molar-refractivity contribution in [3.8, 4) is 11.1 Å². The third kappa shape index (κ3) is 3.17. The molecule has 2 heterocycles. The number of aromatic nitrogens is 2. The van der Waals surface area contributed by atoms with Gasteiger partial charge in [-0.25, -0.2) is 9.97 Å². The zero-order chi connectivity index (χ0) is 17.2. The fraction of sp³-hybridized carbons (Fsp3) is 0.100. The van der Waals surface area contributed by atoms with Crippen molar-refractivity contribution in [1.29, 1.82) is 0 Å². The van der Waals surface area contributed by atoms with Crippen LogP contribution in [0.1, 0.15) is 12.5 Å². The van der Waals surface area contributed by atoms with E-state index in [9.17, 15) is 0 Å². The van der Waals surface area contributed by atoms with E-state index in [4.69, 9.17) is 0 Å². The van der Waals surface area contributed by atoms with Gasteiger partial charge in [-0.1, -0.05) is 43.3 Å². The number of thiophene rings is 1. The van der Waals surface area contributed by atoms with Crippen molar-refractivity contribution in [1.82, 2.24) is 9.97 Å². The molecule has 0 atom stereocenters. The molecule has 0 amide bonds. The standard InChI is InChI=1S/C20H16BrN3S/c1-2-13-7-9-14(10-8-13)15-11-25-20-18(15)19(22-12-23-20)24-17-6-4-3-5-16(17)21/h3-12H,2H2,1H3,(H,22,23,24). The first kappa shape index (κ1) is 16.2. The fourth-order valence-electron chi connectivity index (χ4n) is 2.79. The second kappa shape index (κ2) is 6.94. The van der Waals surface area contributed by atoms with E-state index in [-0.39, 0.29) is 0 Å². The van der Waals surface area contributed by atoms with E-state index < -0.39 is 0 Å². The molecular weight excluding hydrogens is 394 g/mol. The molecule has 1 N–H and O–H groups in total. The number of anilines is 2. The van der Waals surface area contributed by atoms with E-state index in [0.717, 1.165) is 38.2 Å². The Labute approximate surface area is 158 Å². The number of fused-ring (bicyclic) bond motifs is 1. The van der Waals surface area contributed by atoms with Crippen molar-refractivity contribution in [2.75, 3.05) is 5.32 Å². The number of nitrogens with one attached hydrogen (secondary N) is 1. The second-order valence-corrected chi connectivity index (χ2v) is 7.42. The van der Waals surface area contributed by atoms with E-state index in [1.165, 1.54) is 11.1 Å². The lowest BCUT2D eigenvalue weighted by atomic mass is 10.0. The van der Waals surface area contributed by atoms with Gasteiger partial charge >= 0.3 is 0 Å². The van der Waals surface area contributed by atoms with E-state index in [1.807, 2.05) is 24.3 Å². The average molecular weight is 410 g/mol. The van der Waals surface area contributed by atoms with Gasteiger partial charge in [0, 0.05) is 15.4 Å². The highest BCUT2D eigenvalue weighted by molar-refractivity contribution is 9.10. The SMILES string of the molecule is CCc1ccc(-c2csc3ncnc(Nc4ccccc4Br)c23)cc1. The van der Waals surface area contributed by atoms with Crippen LogP contribution in [0.5, 0.6) is 0 Å². The summed E-state index contributed by atoms with van der Waals surface area (Å²) < 4.78 is 1.01. The van der Waals surface area contributed by atoms with Gasteiger partial charge in [0.05, 0.1) is 11.1 Å². The predicted octanol–water partition coefficient (Wildman–Crippen LogP) is 6.43. The Balaban J connectivity index is 1.82. The summed E-state index contributed by atoms with van der Waals surface area (Å²) in [7, 11) is 0. The molecule has 0 aliphatic rings. The van der Waals surface area contributed by atoms with Crippen LogP contribution in [-0.4, -0.2) is 9.97 Å². The Hall–Kier alpha value is -2.24. The summed E-state index contributed by atoms with van der Waals surface area (Å²) in [6.07, 6.45) is 2.66. The molecule has 2 aromatic carbocycles. The molecule has 3 nitrogen and oxygen atoms in total. The number of aryl methyl sites for hydroxylation is 1. The van der Waals surface area contributed by atoms with Crippen molar-refractivity contribution < 1.29 is 0 Å². The number of benzene rings is 2. The minimum atomic E-state index is 0.827. The molecule has 0 unspecified atom stereocenters. The van der Waals surface area contributed by atoms with Crippen molar-refractivity contribution in [3.05, 3.63) is 70.3 Å². The normalized spacial score (nSPS) is 11.0. The summed E-state index contributed by atoms with van der Waals surface area (Å²) in [5, 5.41) is 6.66. The van der Waals surface area contributed by atoms with Gasteiger partial charge in [-0.2, -0.15) is 0 Å². The number of rotatable bonds is 4. The van der Waals surface area contributed by atoms with Crippen LogP contribution in [0.15, 0.2) is 64.7 Å². The van der Waals surface area contributed by atoms with Crippen molar-refractivity contribution in [2.45, 2.75) is 13.3 Å². The molecule has 0 radical (unpaired) electrons. The largest absolute Gasteiger partial charge is 0.339 e. The molecule has 0 bridgehead atoms. The second-order valence-electron chi connectivity index (χ2n) is 5.71. The molecule has 0 aliphatic carbocycles. The summed E-state index contributed by atoms with van der Waals surface area (Å²) in [6, 6.07) is 16.8. The van der Waals surface area contributed by atoms with Gasteiger partial charge in [0.25, 0.3) is 0 Å². The highest BCUT2D eigenvalue weighted by Gasteiger charge is 2.14. The van der Waals surface area contributed by atoms with Crippen LogP contribution in [0.4, 0.5) is 11.5 Å². The Kier molecular flexibility index (Phi) is 4.51. The minimum absolute atomic E-state index is 0.827. The molecule has 0 saturated carbocycles. The number of hydrogen-bond donors (Lipinski definition) is 1. The molecule has 0 fully saturated rings. The molecule has 2 aromatic heterocycles. The van der Waals surface area contributed by atoms with Gasteiger partial charge in [-0.15, -0.1) is 11.3 Å². The van der Waals surface area contributed by atoms with Crippen molar-refractivity contribution in [2.24, 2.45) is 0 Å². The topological polar surface area (TPSA) is 37.8 Å². The van der Waals surface area contributed by atoms with Gasteiger partial charge in [-0.3, -0.25) is 0 Å². The first-order valence-corrected chi connectivity index (χ1v) is 9.76. The zero-order valence-electron chi connectivity index (χ0n) is 13.7. The molecule has 5 heteroatoms. The maximum Gasteiger partial charge on any atom is 0.143 e. The van der Waals surface area contributed by atoms with E-state index >= 15 is 0 Å². The quantitative estimate of drug-likeness (QED) is 0.422. The van der Waals surface area contributed by atoms with Gasteiger partial charge in [0.15, 0.2) is 0 Å². The lowest BCUT2D eigenvalue weighted by molar-refractivity contribution is 1.14. The average Bonchev–Trinajstić information content (AvgIpc) is 3.09. The van der Waals surface area contributed by atoms with Crippen LogP contribution in [0, 0.1) is 0 Å². The lowest BCUT2D eigenvalue weighted by Gasteiger charge is -2.10. The molecule has 4 aromatic rings. The minimum Gasteiger partial charge on any atom is -0.339 e. The monoisotopic (exact) mass is 409 g/mol. The summed E-state index contributed by atoms with van der Waals surface area (Å²) in [4.78, 5) is 9.93. The van der Waals surface area contributed by atoms with Crippen LogP contribution < -0.4 is 5.32 Å². The van der Waals surface area contributed by atoms with Crippen molar-refractivity contribution in [3.63, 3.8) is 0 Å². The molecule has 124 valence electrons. The third-order valence-corrected chi connectivity index (χ3v) is 5.75. The van der Waals surface area contributed by atoms with Crippen LogP contribution in [-0.2, 0) is 6.42 Å². The Morgan fingerprint density at radius 2 is 1.84 bits per heavy atom. The van der Waals surface area contributed by atoms with Crippen molar-refractivity contribution >= 4 is 49.0 Å². The first-order valence-electron chi connectivity index (χ1n) is 8.09. The van der Waals surface area contributed by atoms with Gasteiger partial charge < -0.3 is 5.32 Å². The maximum absolute atomic E-state index is 4.50. The van der Waals surface area contributed by atoms with Crippen LogP contribution >= 0.6 is 27.3 Å². The predicted molar refractivity (Wildman–Crippen MR) is 110 cm³/mol. The fourth-order valence-corrected chi connectivity index (χ4v) is 4.09. The van der Waals surface area contributed by atoms with Gasteiger partial charge in [0.2, 0.25) is 0 Å². The smallest absolute Gasteiger partial charge is 0.143 e. The lowest BCUT2D eigenvalue weighted by Crippen LogP contribution is -1.96. The Morgan fingerprint density at radius 1 is 1.04 bits per heavy atom.